The highest BCUT2D eigenvalue weighted by Gasteiger charge is 2.24. The number of dihydropyridines is 1. The minimum Gasteiger partial charge on any atom is -0.379 e. The van der Waals surface area contributed by atoms with Crippen LogP contribution >= 0.6 is 11.6 Å². The van der Waals surface area contributed by atoms with Crippen molar-refractivity contribution in [1.82, 2.24) is 16.0 Å². The van der Waals surface area contributed by atoms with E-state index in [1.165, 1.54) is 17.0 Å². The first-order valence-electron chi connectivity index (χ1n) is 5.24. The van der Waals surface area contributed by atoms with E-state index in [0.717, 1.165) is 11.7 Å². The lowest BCUT2D eigenvalue weighted by molar-refractivity contribution is 0.652. The number of rotatable bonds is 1. The van der Waals surface area contributed by atoms with Crippen LogP contribution in [0.15, 0.2) is 47.9 Å². The van der Waals surface area contributed by atoms with Crippen LogP contribution in [0, 0.1) is 0 Å². The Balaban J connectivity index is 1.96. The van der Waals surface area contributed by atoms with Crippen LogP contribution in [-0.4, -0.2) is 6.67 Å². The molecule has 4 heteroatoms. The first kappa shape index (κ1) is 9.60. The standard InChI is InChI=1S/C12H12ClN3/c13-9-3-1-8(2-4-9)11-12-10(5-6-14-11)15-7-16-12/h1-6,11,14-16H,7H2/t11-/m1/s1. The molecule has 0 saturated carbocycles. The van der Waals surface area contributed by atoms with E-state index in [1.54, 1.807) is 0 Å². The summed E-state index contributed by atoms with van der Waals surface area (Å²) in [5.41, 5.74) is 3.57. The van der Waals surface area contributed by atoms with Crippen LogP contribution in [0.1, 0.15) is 11.6 Å². The second kappa shape index (κ2) is 3.76. The third-order valence-electron chi connectivity index (χ3n) is 2.85. The zero-order valence-corrected chi connectivity index (χ0v) is 9.38. The van der Waals surface area contributed by atoms with Crippen molar-refractivity contribution < 1.29 is 0 Å². The lowest BCUT2D eigenvalue weighted by atomic mass is 10.0. The molecule has 3 rings (SSSR count). The van der Waals surface area contributed by atoms with Gasteiger partial charge in [-0.15, -0.1) is 0 Å². The van der Waals surface area contributed by atoms with E-state index in [4.69, 9.17) is 11.6 Å². The van der Waals surface area contributed by atoms with E-state index in [1.807, 2.05) is 36.5 Å². The van der Waals surface area contributed by atoms with Gasteiger partial charge in [0.2, 0.25) is 0 Å². The van der Waals surface area contributed by atoms with Gasteiger partial charge in [0.1, 0.15) is 0 Å². The van der Waals surface area contributed by atoms with Gasteiger partial charge >= 0.3 is 0 Å². The predicted octanol–water partition coefficient (Wildman–Crippen LogP) is 1.86. The second-order valence-corrected chi connectivity index (χ2v) is 4.28. The highest BCUT2D eigenvalue weighted by molar-refractivity contribution is 6.30. The van der Waals surface area contributed by atoms with Crippen molar-refractivity contribution in [3.8, 4) is 0 Å². The first-order valence-corrected chi connectivity index (χ1v) is 5.62. The number of hydrogen-bond acceptors (Lipinski definition) is 3. The maximum absolute atomic E-state index is 5.89. The molecule has 1 aromatic carbocycles. The molecule has 2 aliphatic rings. The third-order valence-corrected chi connectivity index (χ3v) is 3.10. The fourth-order valence-electron chi connectivity index (χ4n) is 2.06. The zero-order valence-electron chi connectivity index (χ0n) is 8.63. The molecule has 0 radical (unpaired) electrons. The molecular weight excluding hydrogens is 222 g/mol. The largest absolute Gasteiger partial charge is 0.379 e. The highest BCUT2D eigenvalue weighted by atomic mass is 35.5. The molecule has 0 aromatic heterocycles. The van der Waals surface area contributed by atoms with Gasteiger partial charge in [0.25, 0.3) is 0 Å². The summed E-state index contributed by atoms with van der Waals surface area (Å²) in [7, 11) is 0. The van der Waals surface area contributed by atoms with E-state index in [9.17, 15) is 0 Å². The summed E-state index contributed by atoms with van der Waals surface area (Å²) in [5, 5.41) is 10.7. The van der Waals surface area contributed by atoms with Crippen LogP contribution in [0.3, 0.4) is 0 Å². The van der Waals surface area contributed by atoms with Crippen LogP contribution in [0.5, 0.6) is 0 Å². The van der Waals surface area contributed by atoms with E-state index in [-0.39, 0.29) is 6.04 Å². The fraction of sp³-hybridized carbons (Fsp3) is 0.167. The molecule has 0 unspecified atom stereocenters. The summed E-state index contributed by atoms with van der Waals surface area (Å²) in [6.07, 6.45) is 4.01. The van der Waals surface area contributed by atoms with Crippen LogP contribution in [0.4, 0.5) is 0 Å². The Bertz CT molecular complexity index is 462. The molecule has 0 bridgehead atoms. The topological polar surface area (TPSA) is 36.1 Å². The smallest absolute Gasteiger partial charge is 0.0931 e. The van der Waals surface area contributed by atoms with Gasteiger partial charge in [0, 0.05) is 5.02 Å². The maximum atomic E-state index is 5.89. The summed E-state index contributed by atoms with van der Waals surface area (Å²) in [6, 6.07) is 8.11. The highest BCUT2D eigenvalue weighted by Crippen LogP contribution is 2.27. The van der Waals surface area contributed by atoms with Crippen LogP contribution in [-0.2, 0) is 0 Å². The van der Waals surface area contributed by atoms with E-state index >= 15 is 0 Å². The number of allylic oxidation sites excluding steroid dienone is 1. The average Bonchev–Trinajstić information content (AvgIpc) is 2.78. The van der Waals surface area contributed by atoms with Gasteiger partial charge in [0.05, 0.1) is 24.1 Å². The van der Waals surface area contributed by atoms with E-state index in [2.05, 4.69) is 16.0 Å². The maximum Gasteiger partial charge on any atom is 0.0931 e. The summed E-state index contributed by atoms with van der Waals surface area (Å²) >= 11 is 5.89. The van der Waals surface area contributed by atoms with Crippen molar-refractivity contribution in [3.05, 3.63) is 58.5 Å². The van der Waals surface area contributed by atoms with Crippen molar-refractivity contribution in [1.29, 1.82) is 0 Å². The number of hydrogen-bond donors (Lipinski definition) is 3. The zero-order chi connectivity index (χ0) is 11.0. The molecule has 0 saturated heterocycles. The lowest BCUT2D eigenvalue weighted by Crippen LogP contribution is -2.26. The predicted molar refractivity (Wildman–Crippen MR) is 64.6 cm³/mol. The van der Waals surface area contributed by atoms with Gasteiger partial charge in [-0.3, -0.25) is 0 Å². The Morgan fingerprint density at radius 2 is 1.94 bits per heavy atom. The van der Waals surface area contributed by atoms with Gasteiger partial charge in [-0.1, -0.05) is 23.7 Å². The van der Waals surface area contributed by atoms with Crippen LogP contribution in [0.25, 0.3) is 0 Å². The molecule has 0 fully saturated rings. The molecule has 0 amide bonds. The lowest BCUT2D eigenvalue weighted by Gasteiger charge is -2.23. The molecular formula is C12H12ClN3. The Morgan fingerprint density at radius 1 is 1.12 bits per heavy atom. The monoisotopic (exact) mass is 233 g/mol. The van der Waals surface area contributed by atoms with Crippen molar-refractivity contribution in [2.45, 2.75) is 6.04 Å². The molecule has 82 valence electrons. The van der Waals surface area contributed by atoms with Crippen LogP contribution < -0.4 is 16.0 Å². The van der Waals surface area contributed by atoms with E-state index < -0.39 is 0 Å². The Morgan fingerprint density at radius 3 is 2.75 bits per heavy atom. The summed E-state index contributed by atoms with van der Waals surface area (Å²) < 4.78 is 0. The minimum absolute atomic E-state index is 0.187. The van der Waals surface area contributed by atoms with Crippen molar-refractivity contribution in [2.24, 2.45) is 0 Å². The Hall–Kier alpha value is -1.61. The molecule has 1 aromatic rings. The Kier molecular flexibility index (Phi) is 2.26. The third kappa shape index (κ3) is 1.53. The van der Waals surface area contributed by atoms with Crippen molar-refractivity contribution in [2.75, 3.05) is 6.67 Å². The van der Waals surface area contributed by atoms with Gasteiger partial charge in [-0.05, 0) is 30.0 Å². The SMILES string of the molecule is Clc1ccc([C@H]2NC=CC3=C2NCN3)cc1. The van der Waals surface area contributed by atoms with Gasteiger partial charge in [-0.25, -0.2) is 0 Å². The number of benzene rings is 1. The van der Waals surface area contributed by atoms with Gasteiger partial charge < -0.3 is 16.0 Å². The molecule has 0 spiro atoms. The van der Waals surface area contributed by atoms with Crippen molar-refractivity contribution in [3.63, 3.8) is 0 Å². The fourth-order valence-corrected chi connectivity index (χ4v) is 2.19. The molecule has 1 atom stereocenters. The second-order valence-electron chi connectivity index (χ2n) is 3.84. The Labute approximate surface area is 99.2 Å². The van der Waals surface area contributed by atoms with E-state index in [0.29, 0.717) is 0 Å². The van der Waals surface area contributed by atoms with Gasteiger partial charge in [-0.2, -0.15) is 0 Å². The van der Waals surface area contributed by atoms with Crippen molar-refractivity contribution >= 4 is 11.6 Å². The molecule has 3 N–H and O–H groups in total. The first-order chi connectivity index (χ1) is 7.84. The average molecular weight is 234 g/mol. The molecule has 3 nitrogen and oxygen atoms in total. The quantitative estimate of drug-likeness (QED) is 0.693. The molecule has 2 heterocycles. The molecule has 0 aliphatic carbocycles. The normalized spacial score (nSPS) is 22.2. The van der Waals surface area contributed by atoms with Gasteiger partial charge in [0.15, 0.2) is 0 Å². The summed E-state index contributed by atoms with van der Waals surface area (Å²) in [6.45, 7) is 0.792. The number of halogens is 1. The molecule has 16 heavy (non-hydrogen) atoms. The number of nitrogens with one attached hydrogen (secondary N) is 3. The summed E-state index contributed by atoms with van der Waals surface area (Å²) in [5.74, 6) is 0. The minimum atomic E-state index is 0.187. The van der Waals surface area contributed by atoms with Crippen LogP contribution in [0.2, 0.25) is 5.02 Å². The molecule has 2 aliphatic heterocycles. The summed E-state index contributed by atoms with van der Waals surface area (Å²) in [4.78, 5) is 0.